The van der Waals surface area contributed by atoms with Gasteiger partial charge in [-0.15, -0.1) is 0 Å². The van der Waals surface area contributed by atoms with E-state index in [9.17, 15) is 9.59 Å². The molecule has 0 aromatic rings. The highest BCUT2D eigenvalue weighted by Crippen LogP contribution is 2.22. The predicted molar refractivity (Wildman–Crippen MR) is 72.2 cm³/mol. The first-order chi connectivity index (χ1) is 8.13. The summed E-state index contributed by atoms with van der Waals surface area (Å²) in [5, 5.41) is 8.76. The van der Waals surface area contributed by atoms with Crippen LogP contribution >= 0.6 is 23.5 Å². The van der Waals surface area contributed by atoms with Crippen LogP contribution in [-0.2, 0) is 9.59 Å². The fraction of sp³-hybridized carbons (Fsp3) is 0.818. The van der Waals surface area contributed by atoms with Crippen molar-refractivity contribution in [1.29, 1.82) is 0 Å². The zero-order valence-electron chi connectivity index (χ0n) is 10.1. The summed E-state index contributed by atoms with van der Waals surface area (Å²) in [6.07, 6.45) is 0.574. The third-order valence-electron chi connectivity index (χ3n) is 2.56. The number of aliphatic hydroxyl groups excluding tert-OH is 1. The second-order valence-electron chi connectivity index (χ2n) is 4.05. The third kappa shape index (κ3) is 5.79. The standard InChI is InChI=1S/C11H19NO3S2/c1-9(14)17-8-10-6-11(15)12(7-10)2-4-16-5-3-13/h10,13H,2-8H2,1H3. The van der Waals surface area contributed by atoms with Gasteiger partial charge < -0.3 is 10.0 Å². The molecule has 1 N–H and O–H groups in total. The summed E-state index contributed by atoms with van der Waals surface area (Å²) >= 11 is 2.97. The molecule has 0 bridgehead atoms. The lowest BCUT2D eigenvalue weighted by Crippen LogP contribution is -2.28. The Morgan fingerprint density at radius 2 is 2.29 bits per heavy atom. The SMILES string of the molecule is CC(=O)SCC1CC(=O)N(CCSCCO)C1. The van der Waals surface area contributed by atoms with E-state index in [0.29, 0.717) is 12.3 Å². The summed E-state index contributed by atoms with van der Waals surface area (Å²) in [6.45, 7) is 3.28. The molecule has 1 atom stereocenters. The van der Waals surface area contributed by atoms with Gasteiger partial charge in [0, 0.05) is 43.7 Å². The van der Waals surface area contributed by atoms with Gasteiger partial charge in [-0.25, -0.2) is 0 Å². The van der Waals surface area contributed by atoms with E-state index in [1.807, 2.05) is 4.90 Å². The molecular weight excluding hydrogens is 258 g/mol. The minimum Gasteiger partial charge on any atom is -0.396 e. The van der Waals surface area contributed by atoms with E-state index in [0.717, 1.165) is 30.3 Å². The van der Waals surface area contributed by atoms with E-state index in [-0.39, 0.29) is 17.6 Å². The molecule has 0 saturated carbocycles. The average Bonchev–Trinajstić information content (AvgIpc) is 2.63. The quantitative estimate of drug-likeness (QED) is 0.699. The first kappa shape index (κ1) is 14.9. The van der Waals surface area contributed by atoms with Gasteiger partial charge >= 0.3 is 0 Å². The number of rotatable bonds is 7. The Hall–Kier alpha value is -0.200. The lowest BCUT2D eigenvalue weighted by atomic mass is 10.1. The van der Waals surface area contributed by atoms with Crippen molar-refractivity contribution in [3.63, 3.8) is 0 Å². The molecule has 4 nitrogen and oxygen atoms in total. The van der Waals surface area contributed by atoms with Gasteiger partial charge in [-0.05, 0) is 5.92 Å². The monoisotopic (exact) mass is 277 g/mol. The fourth-order valence-electron chi connectivity index (χ4n) is 1.76. The molecule has 1 heterocycles. The van der Waals surface area contributed by atoms with Crippen molar-refractivity contribution in [3.05, 3.63) is 0 Å². The lowest BCUT2D eigenvalue weighted by molar-refractivity contribution is -0.127. The fourth-order valence-corrected chi connectivity index (χ4v) is 3.13. The van der Waals surface area contributed by atoms with E-state index in [4.69, 9.17) is 5.11 Å². The molecule has 1 saturated heterocycles. The number of hydrogen-bond acceptors (Lipinski definition) is 5. The van der Waals surface area contributed by atoms with Gasteiger partial charge in [0.05, 0.1) is 6.61 Å². The molecule has 1 fully saturated rings. The largest absolute Gasteiger partial charge is 0.396 e. The first-order valence-corrected chi connectivity index (χ1v) is 7.87. The van der Waals surface area contributed by atoms with Crippen LogP contribution in [-0.4, -0.2) is 58.0 Å². The summed E-state index contributed by atoms with van der Waals surface area (Å²) in [5.41, 5.74) is 0. The summed E-state index contributed by atoms with van der Waals surface area (Å²) in [7, 11) is 0. The van der Waals surface area contributed by atoms with E-state index < -0.39 is 0 Å². The maximum Gasteiger partial charge on any atom is 0.222 e. The number of nitrogens with zero attached hydrogens (tertiary/aromatic N) is 1. The Balaban J connectivity index is 2.19. The van der Waals surface area contributed by atoms with Crippen LogP contribution in [0.1, 0.15) is 13.3 Å². The molecule has 1 unspecified atom stereocenters. The zero-order chi connectivity index (χ0) is 12.7. The number of thioether (sulfide) groups is 2. The van der Waals surface area contributed by atoms with Gasteiger partial charge in [0.25, 0.3) is 0 Å². The molecule has 0 radical (unpaired) electrons. The highest BCUT2D eigenvalue weighted by Gasteiger charge is 2.29. The van der Waals surface area contributed by atoms with Crippen molar-refractivity contribution in [1.82, 2.24) is 4.90 Å². The number of carbonyl (C=O) groups excluding carboxylic acids is 2. The number of hydrogen-bond donors (Lipinski definition) is 1. The topological polar surface area (TPSA) is 57.6 Å². The molecule has 17 heavy (non-hydrogen) atoms. The Morgan fingerprint density at radius 3 is 2.94 bits per heavy atom. The first-order valence-electron chi connectivity index (χ1n) is 5.73. The normalized spacial score (nSPS) is 20.0. The van der Waals surface area contributed by atoms with Gasteiger partial charge in [-0.3, -0.25) is 9.59 Å². The van der Waals surface area contributed by atoms with Gasteiger partial charge in [0.15, 0.2) is 5.12 Å². The second kappa shape index (κ2) is 8.00. The molecule has 6 heteroatoms. The van der Waals surface area contributed by atoms with Crippen LogP contribution < -0.4 is 0 Å². The van der Waals surface area contributed by atoms with Crippen LogP contribution in [0.25, 0.3) is 0 Å². The van der Waals surface area contributed by atoms with Crippen molar-refractivity contribution in [2.24, 2.45) is 5.92 Å². The van der Waals surface area contributed by atoms with E-state index >= 15 is 0 Å². The Morgan fingerprint density at radius 1 is 1.53 bits per heavy atom. The Labute approximate surface area is 111 Å². The summed E-state index contributed by atoms with van der Waals surface area (Å²) in [5.74, 6) is 2.87. The Kier molecular flexibility index (Phi) is 6.99. The highest BCUT2D eigenvalue weighted by molar-refractivity contribution is 8.13. The average molecular weight is 277 g/mol. The number of likely N-dealkylation sites (tertiary alicyclic amines) is 1. The number of amides is 1. The molecule has 1 aliphatic heterocycles. The van der Waals surface area contributed by atoms with Crippen molar-refractivity contribution in [2.45, 2.75) is 13.3 Å². The smallest absolute Gasteiger partial charge is 0.222 e. The maximum absolute atomic E-state index is 11.7. The lowest BCUT2D eigenvalue weighted by Gasteiger charge is -2.15. The van der Waals surface area contributed by atoms with Crippen LogP contribution in [0.15, 0.2) is 0 Å². The predicted octanol–water partition coefficient (Wildman–Crippen LogP) is 0.840. The van der Waals surface area contributed by atoms with Gasteiger partial charge in [-0.1, -0.05) is 11.8 Å². The van der Waals surface area contributed by atoms with Crippen LogP contribution in [0.5, 0.6) is 0 Å². The second-order valence-corrected chi connectivity index (χ2v) is 6.47. The molecule has 1 amide bonds. The van der Waals surface area contributed by atoms with Gasteiger partial charge in [0.1, 0.15) is 0 Å². The van der Waals surface area contributed by atoms with Crippen LogP contribution in [0, 0.1) is 5.92 Å². The van der Waals surface area contributed by atoms with Crippen LogP contribution in [0.4, 0.5) is 0 Å². The molecule has 0 aromatic heterocycles. The van der Waals surface area contributed by atoms with E-state index in [1.54, 1.807) is 18.7 Å². The molecule has 0 aliphatic carbocycles. The number of carbonyl (C=O) groups is 2. The number of aliphatic hydroxyl groups is 1. The molecule has 1 aliphatic rings. The molecule has 0 spiro atoms. The van der Waals surface area contributed by atoms with Crippen molar-refractivity contribution >= 4 is 34.5 Å². The summed E-state index contributed by atoms with van der Waals surface area (Å²) < 4.78 is 0. The van der Waals surface area contributed by atoms with Crippen molar-refractivity contribution in [2.75, 3.05) is 37.0 Å². The molecule has 98 valence electrons. The van der Waals surface area contributed by atoms with Gasteiger partial charge in [-0.2, -0.15) is 11.8 Å². The van der Waals surface area contributed by atoms with E-state index in [1.165, 1.54) is 11.8 Å². The van der Waals surface area contributed by atoms with Crippen LogP contribution in [0.2, 0.25) is 0 Å². The minimum atomic E-state index is 0.120. The molecule has 0 aromatic carbocycles. The van der Waals surface area contributed by atoms with Crippen LogP contribution in [0.3, 0.4) is 0 Å². The maximum atomic E-state index is 11.7. The zero-order valence-corrected chi connectivity index (χ0v) is 11.7. The van der Waals surface area contributed by atoms with Crippen molar-refractivity contribution < 1.29 is 14.7 Å². The molecule has 1 rings (SSSR count). The highest BCUT2D eigenvalue weighted by atomic mass is 32.2. The summed E-state index contributed by atoms with van der Waals surface area (Å²) in [4.78, 5) is 24.4. The molecular formula is C11H19NO3S2. The minimum absolute atomic E-state index is 0.120. The van der Waals surface area contributed by atoms with Crippen molar-refractivity contribution in [3.8, 4) is 0 Å². The van der Waals surface area contributed by atoms with E-state index in [2.05, 4.69) is 0 Å². The van der Waals surface area contributed by atoms with Gasteiger partial charge in [0.2, 0.25) is 5.91 Å². The summed E-state index contributed by atoms with van der Waals surface area (Å²) in [6, 6.07) is 0. The Bertz CT molecular complexity index is 273. The third-order valence-corrected chi connectivity index (χ3v) is 4.55.